The quantitative estimate of drug-likeness (QED) is 0.727. The molecule has 0 aromatic heterocycles. The van der Waals surface area contributed by atoms with Gasteiger partial charge >= 0.3 is 12.1 Å². The van der Waals surface area contributed by atoms with Crippen LogP contribution in [0.2, 0.25) is 0 Å². The third kappa shape index (κ3) is 6.25. The lowest BCUT2D eigenvalue weighted by molar-refractivity contribution is -0.159. The molecule has 1 aromatic carbocycles. The Morgan fingerprint density at radius 2 is 1.73 bits per heavy atom. The minimum Gasteiger partial charge on any atom is -0.480 e. The van der Waals surface area contributed by atoms with Crippen LogP contribution in [0.15, 0.2) is 30.3 Å². The van der Waals surface area contributed by atoms with Crippen molar-refractivity contribution < 1.29 is 32.7 Å². The molecule has 0 aliphatic carbocycles. The van der Waals surface area contributed by atoms with E-state index in [0.29, 0.717) is 0 Å². The molecular formula is C13H13F3N2O4. The Bertz CT molecular complexity index is 546. The van der Waals surface area contributed by atoms with Gasteiger partial charge in [-0.25, -0.2) is 4.79 Å². The number of aliphatic carboxylic acids is 1. The molecule has 1 unspecified atom stereocenters. The number of nitrogens with one attached hydrogen (secondary N) is 2. The first-order chi connectivity index (χ1) is 10.2. The summed E-state index contributed by atoms with van der Waals surface area (Å²) in [6.07, 6.45) is -6.43. The van der Waals surface area contributed by atoms with Crippen molar-refractivity contribution in [2.45, 2.75) is 18.6 Å². The maximum atomic E-state index is 12.2. The Morgan fingerprint density at radius 3 is 2.23 bits per heavy atom. The highest BCUT2D eigenvalue weighted by molar-refractivity contribution is 5.96. The molecule has 0 aliphatic rings. The van der Waals surface area contributed by atoms with Crippen molar-refractivity contribution in [1.29, 1.82) is 0 Å². The topological polar surface area (TPSA) is 95.5 Å². The second kappa shape index (κ2) is 7.43. The number of benzene rings is 1. The van der Waals surface area contributed by atoms with Crippen LogP contribution in [0.5, 0.6) is 0 Å². The lowest BCUT2D eigenvalue weighted by Crippen LogP contribution is -2.47. The molecule has 0 saturated carbocycles. The number of carboxylic acids is 1. The van der Waals surface area contributed by atoms with Gasteiger partial charge in [-0.15, -0.1) is 0 Å². The van der Waals surface area contributed by atoms with Crippen LogP contribution in [-0.2, 0) is 9.59 Å². The van der Waals surface area contributed by atoms with Gasteiger partial charge in [0.05, 0.1) is 13.0 Å². The molecular weight excluding hydrogens is 305 g/mol. The average Bonchev–Trinajstić information content (AvgIpc) is 2.43. The molecule has 0 spiro atoms. The second-order valence-electron chi connectivity index (χ2n) is 4.33. The first-order valence-corrected chi connectivity index (χ1v) is 6.11. The molecule has 22 heavy (non-hydrogen) atoms. The van der Waals surface area contributed by atoms with Crippen molar-refractivity contribution >= 4 is 17.8 Å². The molecule has 120 valence electrons. The monoisotopic (exact) mass is 318 g/mol. The second-order valence-corrected chi connectivity index (χ2v) is 4.33. The minimum atomic E-state index is -4.73. The van der Waals surface area contributed by atoms with E-state index >= 15 is 0 Å². The summed E-state index contributed by atoms with van der Waals surface area (Å²) in [6, 6.07) is 5.74. The normalized spacial score (nSPS) is 12.3. The number of carbonyl (C=O) groups is 3. The number of hydrogen-bond donors (Lipinski definition) is 3. The predicted molar refractivity (Wildman–Crippen MR) is 69.0 cm³/mol. The fourth-order valence-electron chi connectivity index (χ4n) is 1.53. The Balaban J connectivity index is 2.51. The molecule has 0 heterocycles. The van der Waals surface area contributed by atoms with E-state index in [0.717, 1.165) is 0 Å². The zero-order chi connectivity index (χ0) is 16.8. The van der Waals surface area contributed by atoms with E-state index in [1.165, 1.54) is 12.1 Å². The maximum Gasteiger partial charge on any atom is 0.391 e. The van der Waals surface area contributed by atoms with Crippen molar-refractivity contribution in [2.24, 2.45) is 0 Å². The Hall–Kier alpha value is -2.58. The smallest absolute Gasteiger partial charge is 0.391 e. The summed E-state index contributed by atoms with van der Waals surface area (Å²) < 4.78 is 36.5. The SMILES string of the molecule is O=C(CNC(=O)c1ccccc1)NC(CC(F)(F)F)C(=O)O. The summed E-state index contributed by atoms with van der Waals surface area (Å²) in [4.78, 5) is 33.7. The van der Waals surface area contributed by atoms with Gasteiger partial charge in [0.15, 0.2) is 0 Å². The predicted octanol–water partition coefficient (Wildman–Crippen LogP) is 0.938. The number of halogens is 3. The number of carbonyl (C=O) groups excluding carboxylic acids is 2. The van der Waals surface area contributed by atoms with Crippen LogP contribution >= 0.6 is 0 Å². The first kappa shape index (κ1) is 17.5. The maximum absolute atomic E-state index is 12.2. The van der Waals surface area contributed by atoms with E-state index in [1.807, 2.05) is 0 Å². The van der Waals surface area contributed by atoms with Crippen LogP contribution in [0.3, 0.4) is 0 Å². The number of carboxylic acid groups (broad SMARTS) is 1. The zero-order valence-electron chi connectivity index (χ0n) is 11.2. The Kier molecular flexibility index (Phi) is 5.90. The van der Waals surface area contributed by atoms with Crippen molar-refractivity contribution in [1.82, 2.24) is 10.6 Å². The Labute approximate surface area is 123 Å². The fraction of sp³-hybridized carbons (Fsp3) is 0.308. The number of alkyl halides is 3. The van der Waals surface area contributed by atoms with Crippen LogP contribution in [-0.4, -0.2) is 41.7 Å². The number of rotatable bonds is 6. The highest BCUT2D eigenvalue weighted by Gasteiger charge is 2.36. The summed E-state index contributed by atoms with van der Waals surface area (Å²) in [7, 11) is 0. The standard InChI is InChI=1S/C13H13F3N2O4/c14-13(15,16)6-9(12(21)22)18-10(19)7-17-11(20)8-4-2-1-3-5-8/h1-5,9H,6-7H2,(H,17,20)(H,18,19)(H,21,22). The van der Waals surface area contributed by atoms with E-state index in [4.69, 9.17) is 5.11 Å². The van der Waals surface area contributed by atoms with E-state index in [9.17, 15) is 27.6 Å². The molecule has 1 aromatic rings. The van der Waals surface area contributed by atoms with Crippen LogP contribution in [0.1, 0.15) is 16.8 Å². The summed E-state index contributed by atoms with van der Waals surface area (Å²) in [6.45, 7) is -0.630. The molecule has 0 radical (unpaired) electrons. The van der Waals surface area contributed by atoms with E-state index in [-0.39, 0.29) is 5.56 Å². The largest absolute Gasteiger partial charge is 0.480 e. The van der Waals surface area contributed by atoms with Gasteiger partial charge in [0.25, 0.3) is 5.91 Å². The Morgan fingerprint density at radius 1 is 1.14 bits per heavy atom. The third-order valence-corrected chi connectivity index (χ3v) is 2.51. The highest BCUT2D eigenvalue weighted by Crippen LogP contribution is 2.21. The van der Waals surface area contributed by atoms with E-state index in [1.54, 1.807) is 23.5 Å². The van der Waals surface area contributed by atoms with Gasteiger partial charge in [0, 0.05) is 5.56 Å². The number of hydrogen-bond acceptors (Lipinski definition) is 3. The molecule has 9 heteroatoms. The van der Waals surface area contributed by atoms with Gasteiger partial charge in [-0.3, -0.25) is 9.59 Å². The fourth-order valence-corrected chi connectivity index (χ4v) is 1.53. The molecule has 3 N–H and O–H groups in total. The van der Waals surface area contributed by atoms with Crippen LogP contribution in [0.25, 0.3) is 0 Å². The number of amides is 2. The van der Waals surface area contributed by atoms with E-state index < -0.39 is 43.0 Å². The molecule has 1 rings (SSSR count). The third-order valence-electron chi connectivity index (χ3n) is 2.51. The average molecular weight is 318 g/mol. The van der Waals surface area contributed by atoms with Gasteiger partial charge in [0.1, 0.15) is 6.04 Å². The van der Waals surface area contributed by atoms with E-state index in [2.05, 4.69) is 5.32 Å². The molecule has 2 amide bonds. The lowest BCUT2D eigenvalue weighted by atomic mass is 10.2. The zero-order valence-corrected chi connectivity index (χ0v) is 11.2. The molecule has 0 fully saturated rings. The van der Waals surface area contributed by atoms with Crippen molar-refractivity contribution in [3.63, 3.8) is 0 Å². The van der Waals surface area contributed by atoms with Gasteiger partial charge in [-0.05, 0) is 12.1 Å². The molecule has 0 bridgehead atoms. The van der Waals surface area contributed by atoms with Crippen LogP contribution in [0, 0.1) is 0 Å². The lowest BCUT2D eigenvalue weighted by Gasteiger charge is -2.16. The molecule has 0 aliphatic heterocycles. The summed E-state index contributed by atoms with van der Waals surface area (Å²) in [5.41, 5.74) is 0.264. The summed E-state index contributed by atoms with van der Waals surface area (Å²) >= 11 is 0. The molecule has 0 saturated heterocycles. The van der Waals surface area contributed by atoms with Crippen LogP contribution in [0.4, 0.5) is 13.2 Å². The molecule has 1 atom stereocenters. The van der Waals surface area contributed by atoms with Gasteiger partial charge < -0.3 is 15.7 Å². The van der Waals surface area contributed by atoms with Gasteiger partial charge in [-0.1, -0.05) is 18.2 Å². The highest BCUT2D eigenvalue weighted by atomic mass is 19.4. The molecule has 6 nitrogen and oxygen atoms in total. The van der Waals surface area contributed by atoms with Crippen molar-refractivity contribution in [3.05, 3.63) is 35.9 Å². The first-order valence-electron chi connectivity index (χ1n) is 6.11. The summed E-state index contributed by atoms with van der Waals surface area (Å²) in [5, 5.41) is 12.5. The van der Waals surface area contributed by atoms with Crippen molar-refractivity contribution in [3.8, 4) is 0 Å². The van der Waals surface area contributed by atoms with Crippen molar-refractivity contribution in [2.75, 3.05) is 6.54 Å². The van der Waals surface area contributed by atoms with Crippen LogP contribution < -0.4 is 10.6 Å². The summed E-state index contributed by atoms with van der Waals surface area (Å²) in [5.74, 6) is -3.43. The minimum absolute atomic E-state index is 0.264. The van der Waals surface area contributed by atoms with Gasteiger partial charge in [0.2, 0.25) is 5.91 Å². The van der Waals surface area contributed by atoms with Gasteiger partial charge in [-0.2, -0.15) is 13.2 Å².